The van der Waals surface area contributed by atoms with Crippen molar-refractivity contribution in [2.24, 2.45) is 0 Å². The molecule has 0 saturated carbocycles. The SMILES string of the molecule is CCc1cccc(C(O)CCCc2ccccc2)c1. The zero-order valence-corrected chi connectivity index (χ0v) is 11.5. The van der Waals surface area contributed by atoms with Gasteiger partial charge in [-0.1, -0.05) is 61.5 Å². The number of rotatable bonds is 6. The van der Waals surface area contributed by atoms with Crippen LogP contribution in [0, 0.1) is 0 Å². The number of hydrogen-bond acceptors (Lipinski definition) is 1. The molecule has 1 unspecified atom stereocenters. The molecule has 0 bridgehead atoms. The summed E-state index contributed by atoms with van der Waals surface area (Å²) in [5.74, 6) is 0. The van der Waals surface area contributed by atoms with Crippen molar-refractivity contribution in [3.05, 3.63) is 71.3 Å². The maximum absolute atomic E-state index is 10.2. The molecule has 0 aliphatic heterocycles. The lowest BCUT2D eigenvalue weighted by atomic mass is 9.99. The first-order chi connectivity index (χ1) is 9.29. The molecule has 2 rings (SSSR count). The number of benzene rings is 2. The van der Waals surface area contributed by atoms with Crippen LogP contribution in [0.1, 0.15) is 42.6 Å². The first kappa shape index (κ1) is 13.8. The number of hydrogen-bond donors (Lipinski definition) is 1. The van der Waals surface area contributed by atoms with Crippen LogP contribution in [0.15, 0.2) is 54.6 Å². The van der Waals surface area contributed by atoms with Crippen LogP contribution in [-0.4, -0.2) is 5.11 Å². The Balaban J connectivity index is 1.85. The molecule has 100 valence electrons. The van der Waals surface area contributed by atoms with Crippen molar-refractivity contribution in [2.75, 3.05) is 0 Å². The van der Waals surface area contributed by atoms with Crippen molar-refractivity contribution in [3.8, 4) is 0 Å². The van der Waals surface area contributed by atoms with Crippen LogP contribution < -0.4 is 0 Å². The van der Waals surface area contributed by atoms with E-state index in [1.165, 1.54) is 11.1 Å². The van der Waals surface area contributed by atoms with Crippen LogP contribution in [0.4, 0.5) is 0 Å². The van der Waals surface area contributed by atoms with Gasteiger partial charge in [0.05, 0.1) is 6.10 Å². The molecule has 0 aliphatic carbocycles. The topological polar surface area (TPSA) is 20.2 Å². The van der Waals surface area contributed by atoms with Crippen LogP contribution >= 0.6 is 0 Å². The van der Waals surface area contributed by atoms with Crippen molar-refractivity contribution in [3.63, 3.8) is 0 Å². The van der Waals surface area contributed by atoms with E-state index in [1.807, 2.05) is 18.2 Å². The first-order valence-electron chi connectivity index (χ1n) is 7.10. The fourth-order valence-electron chi connectivity index (χ4n) is 2.33. The van der Waals surface area contributed by atoms with E-state index in [0.29, 0.717) is 0 Å². The minimum absolute atomic E-state index is 0.338. The molecule has 0 radical (unpaired) electrons. The van der Waals surface area contributed by atoms with Gasteiger partial charge in [-0.05, 0) is 42.4 Å². The van der Waals surface area contributed by atoms with Gasteiger partial charge in [0, 0.05) is 0 Å². The summed E-state index contributed by atoms with van der Waals surface area (Å²) >= 11 is 0. The predicted octanol–water partition coefficient (Wildman–Crippen LogP) is 4.31. The van der Waals surface area contributed by atoms with E-state index in [9.17, 15) is 5.11 Å². The van der Waals surface area contributed by atoms with Crippen LogP contribution in [0.25, 0.3) is 0 Å². The lowest BCUT2D eigenvalue weighted by molar-refractivity contribution is 0.164. The van der Waals surface area contributed by atoms with Crippen molar-refractivity contribution in [1.82, 2.24) is 0 Å². The molecular formula is C18H22O. The van der Waals surface area contributed by atoms with Gasteiger partial charge in [-0.3, -0.25) is 0 Å². The van der Waals surface area contributed by atoms with E-state index in [1.54, 1.807) is 0 Å². The van der Waals surface area contributed by atoms with Gasteiger partial charge in [-0.15, -0.1) is 0 Å². The normalized spacial score (nSPS) is 12.3. The second kappa shape index (κ2) is 7.10. The van der Waals surface area contributed by atoms with Gasteiger partial charge in [0.2, 0.25) is 0 Å². The zero-order valence-electron chi connectivity index (χ0n) is 11.5. The minimum atomic E-state index is -0.338. The molecule has 1 atom stereocenters. The van der Waals surface area contributed by atoms with Gasteiger partial charge in [0.1, 0.15) is 0 Å². The number of aliphatic hydroxyl groups excluding tert-OH is 1. The highest BCUT2D eigenvalue weighted by Gasteiger charge is 2.07. The standard InChI is InChI=1S/C18H22O/c1-2-15-10-6-12-17(14-15)18(19)13-7-11-16-8-4-3-5-9-16/h3-6,8-10,12,14,18-19H,2,7,11,13H2,1H3. The number of aliphatic hydroxyl groups is 1. The molecule has 0 fully saturated rings. The van der Waals surface area contributed by atoms with E-state index < -0.39 is 0 Å². The molecule has 19 heavy (non-hydrogen) atoms. The first-order valence-corrected chi connectivity index (χ1v) is 7.10. The Morgan fingerprint density at radius 3 is 2.42 bits per heavy atom. The third kappa shape index (κ3) is 4.22. The van der Waals surface area contributed by atoms with E-state index >= 15 is 0 Å². The molecule has 0 amide bonds. The van der Waals surface area contributed by atoms with Gasteiger partial charge >= 0.3 is 0 Å². The molecule has 0 spiro atoms. The summed E-state index contributed by atoms with van der Waals surface area (Å²) in [6.45, 7) is 2.14. The molecule has 1 N–H and O–H groups in total. The maximum atomic E-state index is 10.2. The van der Waals surface area contributed by atoms with E-state index in [0.717, 1.165) is 31.2 Å². The highest BCUT2D eigenvalue weighted by molar-refractivity contribution is 5.25. The summed E-state index contributed by atoms with van der Waals surface area (Å²) in [6, 6.07) is 18.7. The average Bonchev–Trinajstić information content (AvgIpc) is 2.48. The van der Waals surface area contributed by atoms with E-state index in [2.05, 4.69) is 43.3 Å². The molecule has 0 saturated heterocycles. The summed E-state index contributed by atoms with van der Waals surface area (Å²) in [6.07, 6.45) is 3.55. The largest absolute Gasteiger partial charge is 0.388 e. The van der Waals surface area contributed by atoms with Gasteiger partial charge in [-0.2, -0.15) is 0 Å². The lowest BCUT2D eigenvalue weighted by Gasteiger charge is -2.12. The lowest BCUT2D eigenvalue weighted by Crippen LogP contribution is -1.99. The van der Waals surface area contributed by atoms with Crippen molar-refractivity contribution >= 4 is 0 Å². The van der Waals surface area contributed by atoms with Crippen molar-refractivity contribution in [1.29, 1.82) is 0 Å². The molecule has 0 aliphatic rings. The molecular weight excluding hydrogens is 232 g/mol. The molecule has 2 aromatic rings. The Hall–Kier alpha value is -1.60. The van der Waals surface area contributed by atoms with Crippen LogP contribution in [-0.2, 0) is 12.8 Å². The fraction of sp³-hybridized carbons (Fsp3) is 0.333. The molecule has 2 aromatic carbocycles. The third-order valence-corrected chi connectivity index (χ3v) is 3.53. The maximum Gasteiger partial charge on any atom is 0.0790 e. The van der Waals surface area contributed by atoms with Gasteiger partial charge in [-0.25, -0.2) is 0 Å². The Kier molecular flexibility index (Phi) is 5.17. The van der Waals surface area contributed by atoms with Crippen molar-refractivity contribution in [2.45, 2.75) is 38.7 Å². The van der Waals surface area contributed by atoms with E-state index in [-0.39, 0.29) is 6.10 Å². The zero-order chi connectivity index (χ0) is 13.5. The molecule has 1 heteroatoms. The summed E-state index contributed by atoms with van der Waals surface area (Å²) in [7, 11) is 0. The quantitative estimate of drug-likeness (QED) is 0.814. The highest BCUT2D eigenvalue weighted by Crippen LogP contribution is 2.20. The minimum Gasteiger partial charge on any atom is -0.388 e. The fourth-order valence-corrected chi connectivity index (χ4v) is 2.33. The summed E-state index contributed by atoms with van der Waals surface area (Å²) in [5, 5.41) is 10.2. The van der Waals surface area contributed by atoms with E-state index in [4.69, 9.17) is 0 Å². The summed E-state index contributed by atoms with van der Waals surface area (Å²) in [4.78, 5) is 0. The van der Waals surface area contributed by atoms with Crippen molar-refractivity contribution < 1.29 is 5.11 Å². The summed E-state index contributed by atoms with van der Waals surface area (Å²) < 4.78 is 0. The Labute approximate surface area is 115 Å². The Morgan fingerprint density at radius 1 is 0.947 bits per heavy atom. The molecule has 0 aromatic heterocycles. The van der Waals surface area contributed by atoms with Crippen LogP contribution in [0.3, 0.4) is 0 Å². The summed E-state index contributed by atoms with van der Waals surface area (Å²) in [5.41, 5.74) is 3.68. The van der Waals surface area contributed by atoms with Gasteiger partial charge in [0.15, 0.2) is 0 Å². The monoisotopic (exact) mass is 254 g/mol. The Morgan fingerprint density at radius 2 is 1.68 bits per heavy atom. The predicted molar refractivity (Wildman–Crippen MR) is 80.2 cm³/mol. The molecule has 0 heterocycles. The third-order valence-electron chi connectivity index (χ3n) is 3.53. The van der Waals surface area contributed by atoms with Gasteiger partial charge < -0.3 is 5.11 Å². The smallest absolute Gasteiger partial charge is 0.0790 e. The van der Waals surface area contributed by atoms with Crippen LogP contribution in [0.2, 0.25) is 0 Å². The second-order valence-electron chi connectivity index (χ2n) is 4.99. The highest BCUT2D eigenvalue weighted by atomic mass is 16.3. The second-order valence-corrected chi connectivity index (χ2v) is 4.99. The van der Waals surface area contributed by atoms with Gasteiger partial charge in [0.25, 0.3) is 0 Å². The van der Waals surface area contributed by atoms with Crippen LogP contribution in [0.5, 0.6) is 0 Å². The number of aryl methyl sites for hydroxylation is 2. The average molecular weight is 254 g/mol. The molecule has 1 nitrogen and oxygen atoms in total. The Bertz CT molecular complexity index is 490.